The van der Waals surface area contributed by atoms with E-state index in [1.165, 1.54) is 36.3 Å². The molecule has 1 aliphatic rings. The molecule has 2 rings (SSSR count). The predicted octanol–water partition coefficient (Wildman–Crippen LogP) is 2.80. The smallest absolute Gasteiger partial charge is 0.0605 e. The number of aromatic nitrogens is 1. The zero-order valence-electron chi connectivity index (χ0n) is 10.1. The van der Waals surface area contributed by atoms with Gasteiger partial charge < -0.3 is 5.32 Å². The molecule has 0 aliphatic heterocycles. The first kappa shape index (κ1) is 11.9. The molecule has 1 aromatic rings. The summed E-state index contributed by atoms with van der Waals surface area (Å²) in [5.41, 5.74) is 2.71. The van der Waals surface area contributed by atoms with Gasteiger partial charge in [-0.1, -0.05) is 13.0 Å². The first-order valence-corrected chi connectivity index (χ1v) is 7.43. The van der Waals surface area contributed by atoms with Crippen molar-refractivity contribution in [1.29, 1.82) is 0 Å². The van der Waals surface area contributed by atoms with E-state index in [9.17, 15) is 0 Å². The normalized spacial score (nSPS) is 20.8. The van der Waals surface area contributed by atoms with Crippen LogP contribution in [0.4, 0.5) is 0 Å². The van der Waals surface area contributed by atoms with Gasteiger partial charge in [-0.25, -0.2) is 0 Å². The van der Waals surface area contributed by atoms with E-state index in [1.807, 2.05) is 24.0 Å². The Morgan fingerprint density at radius 1 is 1.62 bits per heavy atom. The van der Waals surface area contributed by atoms with E-state index in [0.717, 1.165) is 0 Å². The summed E-state index contributed by atoms with van der Waals surface area (Å²) in [6.45, 7) is 2.25. The number of hydrogen-bond acceptors (Lipinski definition) is 3. The third kappa shape index (κ3) is 2.58. The molecule has 3 heteroatoms. The molecule has 0 radical (unpaired) electrons. The Bertz CT molecular complexity index is 340. The van der Waals surface area contributed by atoms with Crippen molar-refractivity contribution in [2.24, 2.45) is 0 Å². The molecule has 0 saturated heterocycles. The summed E-state index contributed by atoms with van der Waals surface area (Å²) < 4.78 is 0. The van der Waals surface area contributed by atoms with Crippen LogP contribution >= 0.6 is 11.8 Å². The third-order valence-corrected chi connectivity index (χ3v) is 3.99. The molecule has 0 aromatic carbocycles. The van der Waals surface area contributed by atoms with E-state index in [4.69, 9.17) is 0 Å². The number of pyridine rings is 1. The lowest BCUT2D eigenvalue weighted by molar-refractivity contribution is 0.444. The largest absolute Gasteiger partial charge is 0.305 e. The minimum Gasteiger partial charge on any atom is -0.305 e. The van der Waals surface area contributed by atoms with Crippen molar-refractivity contribution < 1.29 is 0 Å². The second kappa shape index (κ2) is 5.69. The minimum absolute atomic E-state index is 0.480. The van der Waals surface area contributed by atoms with E-state index in [0.29, 0.717) is 12.1 Å². The first-order valence-electron chi connectivity index (χ1n) is 6.04. The fourth-order valence-corrected chi connectivity index (χ4v) is 3.08. The van der Waals surface area contributed by atoms with Gasteiger partial charge in [0, 0.05) is 18.0 Å². The van der Waals surface area contributed by atoms with Crippen molar-refractivity contribution >= 4 is 11.8 Å². The van der Waals surface area contributed by atoms with Gasteiger partial charge in [0.1, 0.15) is 0 Å². The van der Waals surface area contributed by atoms with Gasteiger partial charge in [0.05, 0.1) is 11.7 Å². The molecule has 16 heavy (non-hydrogen) atoms. The molecule has 0 spiro atoms. The van der Waals surface area contributed by atoms with E-state index < -0.39 is 0 Å². The number of rotatable bonds is 5. The molecule has 2 unspecified atom stereocenters. The highest BCUT2D eigenvalue weighted by Crippen LogP contribution is 2.29. The monoisotopic (exact) mass is 236 g/mol. The van der Waals surface area contributed by atoms with Gasteiger partial charge in [0.2, 0.25) is 0 Å². The van der Waals surface area contributed by atoms with Gasteiger partial charge in [-0.05, 0) is 37.1 Å². The molecule has 0 bridgehead atoms. The van der Waals surface area contributed by atoms with Crippen LogP contribution in [0, 0.1) is 0 Å². The zero-order chi connectivity index (χ0) is 11.4. The Morgan fingerprint density at radius 2 is 2.50 bits per heavy atom. The van der Waals surface area contributed by atoms with E-state index in [1.54, 1.807) is 0 Å². The number of hydrogen-bond donors (Lipinski definition) is 1. The lowest BCUT2D eigenvalue weighted by atomic mass is 10.1. The van der Waals surface area contributed by atoms with Crippen molar-refractivity contribution in [2.45, 2.75) is 38.3 Å². The lowest BCUT2D eigenvalue weighted by Gasteiger charge is -2.21. The maximum atomic E-state index is 4.52. The van der Waals surface area contributed by atoms with Gasteiger partial charge in [0.25, 0.3) is 0 Å². The molecule has 2 atom stereocenters. The maximum Gasteiger partial charge on any atom is 0.0605 e. The molecular formula is C13H20N2S. The Kier molecular flexibility index (Phi) is 4.24. The number of nitrogens with zero attached hydrogens (tertiary/aromatic N) is 1. The van der Waals surface area contributed by atoms with Crippen molar-refractivity contribution in [1.82, 2.24) is 10.3 Å². The third-order valence-electron chi connectivity index (χ3n) is 3.26. The summed E-state index contributed by atoms with van der Waals surface area (Å²) in [4.78, 5) is 4.52. The fourth-order valence-electron chi connectivity index (χ4n) is 2.34. The number of fused-ring (bicyclic) bond motifs is 1. The van der Waals surface area contributed by atoms with Crippen LogP contribution in [0.2, 0.25) is 0 Å². The van der Waals surface area contributed by atoms with Crippen molar-refractivity contribution in [3.8, 4) is 0 Å². The summed E-state index contributed by atoms with van der Waals surface area (Å²) >= 11 is 1.92. The molecule has 1 aromatic heterocycles. The molecule has 1 heterocycles. The topological polar surface area (TPSA) is 24.9 Å². The first-order chi connectivity index (χ1) is 7.85. The van der Waals surface area contributed by atoms with Gasteiger partial charge in [-0.3, -0.25) is 4.98 Å². The van der Waals surface area contributed by atoms with Crippen LogP contribution in [0.25, 0.3) is 0 Å². The van der Waals surface area contributed by atoms with Crippen LogP contribution in [0.1, 0.15) is 37.1 Å². The number of nitrogens with one attached hydrogen (secondary N) is 1. The molecule has 0 saturated carbocycles. The van der Waals surface area contributed by atoms with Crippen LogP contribution in [-0.4, -0.2) is 23.0 Å². The standard InChI is InChI=1S/C13H20N2S/c1-3-11(9-16-2)15-12-7-6-10-5-4-8-14-13(10)12/h4-5,8,11-12,15H,3,6-7,9H2,1-2H3. The molecule has 0 fully saturated rings. The molecule has 0 amide bonds. The summed E-state index contributed by atoms with van der Waals surface area (Å²) in [6, 6.07) is 5.35. The van der Waals surface area contributed by atoms with Crippen LogP contribution in [-0.2, 0) is 6.42 Å². The highest BCUT2D eigenvalue weighted by molar-refractivity contribution is 7.98. The zero-order valence-corrected chi connectivity index (χ0v) is 10.9. The van der Waals surface area contributed by atoms with E-state index in [2.05, 4.69) is 29.5 Å². The lowest BCUT2D eigenvalue weighted by Crippen LogP contribution is -2.33. The Morgan fingerprint density at radius 3 is 3.25 bits per heavy atom. The number of thioether (sulfide) groups is 1. The molecular weight excluding hydrogens is 216 g/mol. The van der Waals surface area contributed by atoms with Gasteiger partial charge in [0.15, 0.2) is 0 Å². The predicted molar refractivity (Wildman–Crippen MR) is 70.9 cm³/mol. The molecule has 1 N–H and O–H groups in total. The summed E-state index contributed by atoms with van der Waals surface area (Å²) in [5, 5.41) is 3.74. The molecule has 2 nitrogen and oxygen atoms in total. The molecule has 1 aliphatic carbocycles. The minimum atomic E-state index is 0.480. The summed E-state index contributed by atoms with van der Waals surface area (Å²) in [5.74, 6) is 1.19. The van der Waals surface area contributed by atoms with E-state index >= 15 is 0 Å². The average molecular weight is 236 g/mol. The summed E-state index contributed by atoms with van der Waals surface area (Å²) in [6.07, 6.45) is 7.66. The second-order valence-corrected chi connectivity index (χ2v) is 5.28. The SMILES string of the molecule is CCC(CSC)NC1CCc2cccnc21. The highest BCUT2D eigenvalue weighted by atomic mass is 32.2. The Hall–Kier alpha value is -0.540. The van der Waals surface area contributed by atoms with Crippen molar-refractivity contribution in [2.75, 3.05) is 12.0 Å². The summed E-state index contributed by atoms with van der Waals surface area (Å²) in [7, 11) is 0. The van der Waals surface area contributed by atoms with Crippen molar-refractivity contribution in [3.63, 3.8) is 0 Å². The Balaban J connectivity index is 2.02. The highest BCUT2D eigenvalue weighted by Gasteiger charge is 2.24. The van der Waals surface area contributed by atoms with Crippen LogP contribution < -0.4 is 5.32 Å². The fraction of sp³-hybridized carbons (Fsp3) is 0.615. The van der Waals surface area contributed by atoms with Crippen LogP contribution in [0.5, 0.6) is 0 Å². The van der Waals surface area contributed by atoms with Gasteiger partial charge >= 0.3 is 0 Å². The van der Waals surface area contributed by atoms with Gasteiger partial charge in [-0.15, -0.1) is 0 Å². The van der Waals surface area contributed by atoms with Crippen LogP contribution in [0.15, 0.2) is 18.3 Å². The second-order valence-electron chi connectivity index (χ2n) is 4.37. The number of aryl methyl sites for hydroxylation is 1. The van der Waals surface area contributed by atoms with E-state index in [-0.39, 0.29) is 0 Å². The quantitative estimate of drug-likeness (QED) is 0.851. The van der Waals surface area contributed by atoms with Crippen molar-refractivity contribution in [3.05, 3.63) is 29.6 Å². The average Bonchev–Trinajstić information content (AvgIpc) is 2.72. The molecule has 88 valence electrons. The van der Waals surface area contributed by atoms with Crippen LogP contribution in [0.3, 0.4) is 0 Å². The maximum absolute atomic E-state index is 4.52. The Labute approximate surface area is 102 Å². The van der Waals surface area contributed by atoms with Gasteiger partial charge in [-0.2, -0.15) is 11.8 Å².